The zero-order valence-corrected chi connectivity index (χ0v) is 21.5. The molecule has 1 saturated carbocycles. The summed E-state index contributed by atoms with van der Waals surface area (Å²) in [5.74, 6) is 2.48. The van der Waals surface area contributed by atoms with Gasteiger partial charge < -0.3 is 4.74 Å². The Hall–Kier alpha value is -3.79. The molecule has 0 radical (unpaired) electrons. The van der Waals surface area contributed by atoms with Gasteiger partial charge in [-0.05, 0) is 56.7 Å². The van der Waals surface area contributed by atoms with Crippen molar-refractivity contribution in [3.05, 3.63) is 89.5 Å². The van der Waals surface area contributed by atoms with Gasteiger partial charge in [0, 0.05) is 33.4 Å². The van der Waals surface area contributed by atoms with Gasteiger partial charge in [-0.1, -0.05) is 67.9 Å². The van der Waals surface area contributed by atoms with Crippen molar-refractivity contribution in [2.75, 3.05) is 0 Å². The normalized spacial score (nSPS) is 22.4. The molecule has 4 aromatic carbocycles. The van der Waals surface area contributed by atoms with Crippen LogP contribution in [0.4, 0.5) is 0 Å². The summed E-state index contributed by atoms with van der Waals surface area (Å²) < 4.78 is 6.84. The van der Waals surface area contributed by atoms with Crippen LogP contribution in [0.15, 0.2) is 72.8 Å². The Morgan fingerprint density at radius 3 is 2.38 bits per heavy atom. The maximum atomic E-state index is 13.1. The van der Waals surface area contributed by atoms with Gasteiger partial charge in [-0.2, -0.15) is 0 Å². The second kappa shape index (κ2) is 8.11. The van der Waals surface area contributed by atoms with Gasteiger partial charge >= 0.3 is 0 Å². The molecule has 0 N–H and O–H groups in total. The lowest BCUT2D eigenvalue weighted by Gasteiger charge is -2.49. The Bertz CT molecular complexity index is 1710. The molecule has 37 heavy (non-hydrogen) atoms. The second-order valence-corrected chi connectivity index (χ2v) is 11.4. The SMILES string of the molecule is C[C@H]1CC[C@H]2[C@H](C1)c1c(c3ccccc3c3nc4cc(C(=O)c5ccccc5)ccc4nc13)OC2(C)C. The van der Waals surface area contributed by atoms with Gasteiger partial charge in [-0.15, -0.1) is 0 Å². The molecule has 0 bridgehead atoms. The first-order chi connectivity index (χ1) is 17.9. The Kier molecular flexibility index (Phi) is 4.91. The highest BCUT2D eigenvalue weighted by molar-refractivity contribution is 6.13. The first-order valence-electron chi connectivity index (χ1n) is 13.4. The Morgan fingerprint density at radius 2 is 1.57 bits per heavy atom. The van der Waals surface area contributed by atoms with E-state index in [0.29, 0.717) is 28.9 Å². The van der Waals surface area contributed by atoms with Crippen molar-refractivity contribution < 1.29 is 9.53 Å². The number of hydrogen-bond donors (Lipinski definition) is 0. The van der Waals surface area contributed by atoms with Crippen molar-refractivity contribution in [3.63, 3.8) is 0 Å². The first-order valence-corrected chi connectivity index (χ1v) is 13.4. The van der Waals surface area contributed by atoms with Crippen molar-refractivity contribution in [2.24, 2.45) is 11.8 Å². The van der Waals surface area contributed by atoms with E-state index in [-0.39, 0.29) is 11.4 Å². The van der Waals surface area contributed by atoms with E-state index in [1.54, 1.807) is 0 Å². The van der Waals surface area contributed by atoms with Crippen molar-refractivity contribution in [1.29, 1.82) is 0 Å². The number of hydrogen-bond acceptors (Lipinski definition) is 4. The van der Waals surface area contributed by atoms with Crippen LogP contribution in [-0.4, -0.2) is 21.4 Å². The van der Waals surface area contributed by atoms with Crippen LogP contribution in [-0.2, 0) is 0 Å². The summed E-state index contributed by atoms with van der Waals surface area (Å²) in [6, 6.07) is 23.5. The highest BCUT2D eigenvalue weighted by Gasteiger charge is 2.47. The van der Waals surface area contributed by atoms with E-state index >= 15 is 0 Å². The molecule has 1 aliphatic heterocycles. The van der Waals surface area contributed by atoms with E-state index in [1.165, 1.54) is 18.4 Å². The molecular weight excluding hydrogens is 456 g/mol. The van der Waals surface area contributed by atoms with E-state index in [0.717, 1.165) is 45.0 Å². The molecule has 7 rings (SSSR count). The topological polar surface area (TPSA) is 52.1 Å². The van der Waals surface area contributed by atoms with Gasteiger partial charge in [-0.25, -0.2) is 9.97 Å². The number of benzene rings is 4. The number of ketones is 1. The second-order valence-electron chi connectivity index (χ2n) is 11.4. The van der Waals surface area contributed by atoms with E-state index in [2.05, 4.69) is 45.0 Å². The lowest BCUT2D eigenvalue weighted by atomic mass is 9.64. The third-order valence-corrected chi connectivity index (χ3v) is 8.63. The number of rotatable bonds is 2. The highest BCUT2D eigenvalue weighted by atomic mass is 16.5. The molecule has 2 aliphatic rings. The molecule has 1 aromatic heterocycles. The molecule has 1 fully saturated rings. The van der Waals surface area contributed by atoms with Gasteiger partial charge in [0.25, 0.3) is 0 Å². The fourth-order valence-electron chi connectivity index (χ4n) is 6.79. The summed E-state index contributed by atoms with van der Waals surface area (Å²) in [6.07, 6.45) is 3.54. The lowest BCUT2D eigenvalue weighted by Crippen LogP contribution is -2.46. The summed E-state index contributed by atoms with van der Waals surface area (Å²) in [5.41, 5.74) is 5.68. The predicted molar refractivity (Wildman–Crippen MR) is 148 cm³/mol. The Balaban J connectivity index is 1.50. The maximum Gasteiger partial charge on any atom is 0.193 e. The molecule has 5 aromatic rings. The predicted octanol–water partition coefficient (Wildman–Crippen LogP) is 7.86. The molecule has 0 spiro atoms. The minimum Gasteiger partial charge on any atom is -0.487 e. The van der Waals surface area contributed by atoms with Crippen molar-refractivity contribution in [3.8, 4) is 5.75 Å². The van der Waals surface area contributed by atoms with E-state index in [1.807, 2.05) is 48.5 Å². The fraction of sp³-hybridized carbons (Fsp3) is 0.303. The van der Waals surface area contributed by atoms with Crippen LogP contribution in [0, 0.1) is 11.8 Å². The zero-order chi connectivity index (χ0) is 25.3. The quantitative estimate of drug-likeness (QED) is 0.145. The summed E-state index contributed by atoms with van der Waals surface area (Å²) in [4.78, 5) is 23.5. The van der Waals surface area contributed by atoms with E-state index in [9.17, 15) is 4.79 Å². The minimum absolute atomic E-state index is 0.00522. The standard InChI is InChI=1S/C33H30N2O2/c1-19-13-15-25-24(17-19)28-30-29(22-11-7-8-12-23(22)32(28)37-33(25,2)3)35-27-18-21(14-16-26(27)34-30)31(36)20-9-5-4-6-10-20/h4-12,14,16,18-19,24-25H,13,15,17H2,1-3H3/t19-,24-,25-/m0/s1. The van der Waals surface area contributed by atoms with Crippen molar-refractivity contribution in [1.82, 2.24) is 9.97 Å². The molecule has 0 unspecified atom stereocenters. The summed E-state index contributed by atoms with van der Waals surface area (Å²) in [5, 5.41) is 2.14. The molecule has 184 valence electrons. The lowest BCUT2D eigenvalue weighted by molar-refractivity contribution is -0.0115. The number of aromatic nitrogens is 2. The molecular formula is C33H30N2O2. The molecule has 3 atom stereocenters. The first kappa shape index (κ1) is 22.4. The molecule has 4 heteroatoms. The third-order valence-electron chi connectivity index (χ3n) is 8.63. The number of carbonyl (C=O) groups excluding carboxylic acids is 1. The van der Waals surface area contributed by atoms with Crippen LogP contribution in [0.3, 0.4) is 0 Å². The molecule has 4 nitrogen and oxygen atoms in total. The van der Waals surface area contributed by atoms with Gasteiger partial charge in [0.1, 0.15) is 11.4 Å². The zero-order valence-electron chi connectivity index (χ0n) is 21.5. The van der Waals surface area contributed by atoms with Gasteiger partial charge in [-0.3, -0.25) is 4.79 Å². The minimum atomic E-state index is -0.231. The van der Waals surface area contributed by atoms with Gasteiger partial charge in [0.15, 0.2) is 5.78 Å². The average molecular weight is 487 g/mol. The molecule has 1 aliphatic carbocycles. The summed E-state index contributed by atoms with van der Waals surface area (Å²) in [6.45, 7) is 6.87. The number of nitrogens with zero attached hydrogens (tertiary/aromatic N) is 2. The molecule has 0 saturated heterocycles. The smallest absolute Gasteiger partial charge is 0.193 e. The van der Waals surface area contributed by atoms with E-state index in [4.69, 9.17) is 14.7 Å². The highest BCUT2D eigenvalue weighted by Crippen LogP contribution is 2.56. The molecule has 0 amide bonds. The van der Waals surface area contributed by atoms with Gasteiger partial charge in [0.05, 0.1) is 22.1 Å². The van der Waals surface area contributed by atoms with Crippen LogP contribution in [0.5, 0.6) is 5.75 Å². The number of carbonyl (C=O) groups is 1. The summed E-state index contributed by atoms with van der Waals surface area (Å²) >= 11 is 0. The summed E-state index contributed by atoms with van der Waals surface area (Å²) in [7, 11) is 0. The average Bonchev–Trinajstić information content (AvgIpc) is 2.91. The third kappa shape index (κ3) is 3.46. The van der Waals surface area contributed by atoms with Crippen LogP contribution in [0.1, 0.15) is 67.4 Å². The van der Waals surface area contributed by atoms with Crippen LogP contribution >= 0.6 is 0 Å². The Labute approximate surface area is 216 Å². The largest absolute Gasteiger partial charge is 0.487 e. The molecule has 2 heterocycles. The van der Waals surface area contributed by atoms with Crippen LogP contribution < -0.4 is 4.74 Å². The van der Waals surface area contributed by atoms with Crippen LogP contribution in [0.25, 0.3) is 32.8 Å². The fourth-order valence-corrected chi connectivity index (χ4v) is 6.79. The maximum absolute atomic E-state index is 13.1. The Morgan fingerprint density at radius 1 is 0.838 bits per heavy atom. The number of ether oxygens (including phenoxy) is 1. The van der Waals surface area contributed by atoms with Crippen molar-refractivity contribution >= 4 is 38.6 Å². The van der Waals surface area contributed by atoms with Crippen molar-refractivity contribution in [2.45, 2.75) is 51.6 Å². The van der Waals surface area contributed by atoms with E-state index < -0.39 is 0 Å². The monoisotopic (exact) mass is 486 g/mol. The van der Waals surface area contributed by atoms with Crippen LogP contribution in [0.2, 0.25) is 0 Å². The number of fused-ring (bicyclic) bond motifs is 9. The van der Waals surface area contributed by atoms with Gasteiger partial charge in [0.2, 0.25) is 0 Å².